The van der Waals surface area contributed by atoms with Crippen molar-refractivity contribution in [1.82, 2.24) is 14.5 Å². The summed E-state index contributed by atoms with van der Waals surface area (Å²) in [6.45, 7) is 0.481. The SMILES string of the molecule is COc1cc(CNc2ncc3c(=O)ccn(-c4ccc5c(c4)CCC5)c3n2)cc(OC)c1. The molecule has 2 aromatic carbocycles. The Balaban J connectivity index is 1.49. The zero-order valence-electron chi connectivity index (χ0n) is 18.1. The van der Waals surface area contributed by atoms with E-state index >= 15 is 0 Å². The van der Waals surface area contributed by atoms with E-state index in [9.17, 15) is 4.79 Å². The molecular weight excluding hydrogens is 404 g/mol. The second-order valence-electron chi connectivity index (χ2n) is 7.86. The summed E-state index contributed by atoms with van der Waals surface area (Å²) in [5, 5.41) is 3.73. The summed E-state index contributed by atoms with van der Waals surface area (Å²) in [6, 6.07) is 13.7. The van der Waals surface area contributed by atoms with E-state index in [1.54, 1.807) is 32.7 Å². The fourth-order valence-electron chi connectivity index (χ4n) is 4.18. The third-order valence-electron chi connectivity index (χ3n) is 5.86. The van der Waals surface area contributed by atoms with Crippen LogP contribution in [0.5, 0.6) is 11.5 Å². The fraction of sp³-hybridized carbons (Fsp3) is 0.240. The van der Waals surface area contributed by atoms with Gasteiger partial charge in [0.2, 0.25) is 5.95 Å². The van der Waals surface area contributed by atoms with Crippen LogP contribution in [0.2, 0.25) is 0 Å². The van der Waals surface area contributed by atoms with Gasteiger partial charge in [0.25, 0.3) is 0 Å². The number of fused-ring (bicyclic) bond motifs is 2. The molecule has 7 nitrogen and oxygen atoms in total. The summed E-state index contributed by atoms with van der Waals surface area (Å²) in [4.78, 5) is 21.5. The Morgan fingerprint density at radius 3 is 2.56 bits per heavy atom. The number of hydrogen-bond donors (Lipinski definition) is 1. The molecule has 0 aliphatic heterocycles. The fourth-order valence-corrected chi connectivity index (χ4v) is 4.18. The van der Waals surface area contributed by atoms with Crippen molar-refractivity contribution in [2.24, 2.45) is 0 Å². The molecule has 0 radical (unpaired) electrons. The highest BCUT2D eigenvalue weighted by molar-refractivity contribution is 5.77. The predicted molar refractivity (Wildman–Crippen MR) is 124 cm³/mol. The second kappa shape index (κ2) is 8.34. The molecule has 0 bridgehead atoms. The summed E-state index contributed by atoms with van der Waals surface area (Å²) in [5.74, 6) is 1.87. The molecule has 0 atom stereocenters. The summed E-state index contributed by atoms with van der Waals surface area (Å²) >= 11 is 0. The molecule has 1 N–H and O–H groups in total. The van der Waals surface area contributed by atoms with Crippen LogP contribution < -0.4 is 20.2 Å². The number of pyridine rings is 1. The van der Waals surface area contributed by atoms with E-state index in [1.165, 1.54) is 17.5 Å². The van der Waals surface area contributed by atoms with Crippen molar-refractivity contribution in [2.45, 2.75) is 25.8 Å². The molecule has 0 saturated heterocycles. The lowest BCUT2D eigenvalue weighted by Crippen LogP contribution is -2.11. The summed E-state index contributed by atoms with van der Waals surface area (Å²) < 4.78 is 12.6. The molecule has 0 spiro atoms. The first kappa shape index (κ1) is 20.1. The van der Waals surface area contributed by atoms with Crippen LogP contribution in [0.4, 0.5) is 5.95 Å². The van der Waals surface area contributed by atoms with Crippen molar-refractivity contribution < 1.29 is 9.47 Å². The molecule has 7 heteroatoms. The van der Waals surface area contributed by atoms with Gasteiger partial charge in [-0.2, -0.15) is 4.98 Å². The van der Waals surface area contributed by atoms with E-state index in [1.807, 2.05) is 22.8 Å². The normalized spacial score (nSPS) is 12.6. The van der Waals surface area contributed by atoms with Crippen LogP contribution in [-0.4, -0.2) is 28.8 Å². The Morgan fingerprint density at radius 1 is 1.00 bits per heavy atom. The molecule has 32 heavy (non-hydrogen) atoms. The van der Waals surface area contributed by atoms with Gasteiger partial charge in [-0.15, -0.1) is 0 Å². The Hall–Kier alpha value is -3.87. The highest BCUT2D eigenvalue weighted by atomic mass is 16.5. The van der Waals surface area contributed by atoms with Gasteiger partial charge in [0.1, 0.15) is 11.5 Å². The van der Waals surface area contributed by atoms with Gasteiger partial charge in [0.15, 0.2) is 11.1 Å². The van der Waals surface area contributed by atoms with Crippen molar-refractivity contribution in [1.29, 1.82) is 0 Å². The van der Waals surface area contributed by atoms with Crippen molar-refractivity contribution in [3.8, 4) is 17.2 Å². The Bertz CT molecular complexity index is 1340. The smallest absolute Gasteiger partial charge is 0.224 e. The van der Waals surface area contributed by atoms with E-state index in [0.29, 0.717) is 35.0 Å². The van der Waals surface area contributed by atoms with Gasteiger partial charge in [0.05, 0.1) is 19.6 Å². The van der Waals surface area contributed by atoms with Crippen LogP contribution in [0.15, 0.2) is 59.7 Å². The lowest BCUT2D eigenvalue weighted by atomic mass is 10.1. The van der Waals surface area contributed by atoms with Gasteiger partial charge in [0, 0.05) is 36.8 Å². The van der Waals surface area contributed by atoms with Crippen molar-refractivity contribution in [2.75, 3.05) is 19.5 Å². The molecule has 0 amide bonds. The summed E-state index contributed by atoms with van der Waals surface area (Å²) in [6.07, 6.45) is 6.78. The van der Waals surface area contributed by atoms with Gasteiger partial charge in [-0.25, -0.2) is 4.98 Å². The average Bonchev–Trinajstić information content (AvgIpc) is 3.30. The number of aryl methyl sites for hydroxylation is 2. The minimum Gasteiger partial charge on any atom is -0.497 e. The first-order valence-corrected chi connectivity index (χ1v) is 10.6. The molecular formula is C25H24N4O3. The number of aromatic nitrogens is 3. The minimum atomic E-state index is -0.0958. The van der Waals surface area contributed by atoms with E-state index < -0.39 is 0 Å². The zero-order chi connectivity index (χ0) is 22.1. The zero-order valence-corrected chi connectivity index (χ0v) is 18.1. The van der Waals surface area contributed by atoms with Crippen molar-refractivity contribution in [3.63, 3.8) is 0 Å². The maximum atomic E-state index is 12.4. The van der Waals surface area contributed by atoms with Crippen LogP contribution in [0.3, 0.4) is 0 Å². The molecule has 0 saturated carbocycles. The molecule has 2 heterocycles. The van der Waals surface area contributed by atoms with E-state index in [2.05, 4.69) is 33.5 Å². The number of methoxy groups -OCH3 is 2. The molecule has 5 rings (SSSR count). The number of ether oxygens (including phenoxy) is 2. The van der Waals surface area contributed by atoms with E-state index in [-0.39, 0.29) is 5.43 Å². The minimum absolute atomic E-state index is 0.0958. The van der Waals surface area contributed by atoms with Crippen LogP contribution >= 0.6 is 0 Å². The standard InChI is InChI=1S/C25H24N4O3/c1-31-20-10-16(11-21(13-20)32-2)14-26-25-27-15-22-23(30)8-9-29(24(22)28-25)19-7-6-17-4-3-5-18(17)12-19/h6-13,15H,3-5,14H2,1-2H3,(H,26,27,28). The predicted octanol–water partition coefficient (Wildman–Crippen LogP) is 3.90. The maximum absolute atomic E-state index is 12.4. The highest BCUT2D eigenvalue weighted by Gasteiger charge is 2.14. The molecule has 0 fully saturated rings. The van der Waals surface area contributed by atoms with Crippen LogP contribution in [0.25, 0.3) is 16.7 Å². The van der Waals surface area contributed by atoms with Crippen LogP contribution in [0.1, 0.15) is 23.1 Å². The van der Waals surface area contributed by atoms with Gasteiger partial charge >= 0.3 is 0 Å². The maximum Gasteiger partial charge on any atom is 0.224 e. The number of nitrogens with zero attached hydrogens (tertiary/aromatic N) is 3. The second-order valence-corrected chi connectivity index (χ2v) is 7.86. The lowest BCUT2D eigenvalue weighted by Gasteiger charge is -2.13. The third-order valence-corrected chi connectivity index (χ3v) is 5.86. The van der Waals surface area contributed by atoms with Crippen molar-refractivity contribution in [3.05, 3.63) is 81.8 Å². The molecule has 1 aliphatic rings. The monoisotopic (exact) mass is 428 g/mol. The lowest BCUT2D eigenvalue weighted by molar-refractivity contribution is 0.393. The number of rotatable bonds is 6. The molecule has 2 aromatic heterocycles. The van der Waals surface area contributed by atoms with E-state index in [0.717, 1.165) is 24.1 Å². The van der Waals surface area contributed by atoms with E-state index in [4.69, 9.17) is 9.47 Å². The highest BCUT2D eigenvalue weighted by Crippen LogP contribution is 2.26. The molecule has 1 aliphatic carbocycles. The van der Waals surface area contributed by atoms with Crippen molar-refractivity contribution >= 4 is 17.0 Å². The quantitative estimate of drug-likeness (QED) is 0.502. The van der Waals surface area contributed by atoms with Gasteiger partial charge < -0.3 is 19.4 Å². The Kier molecular flexibility index (Phi) is 5.23. The first-order valence-electron chi connectivity index (χ1n) is 10.6. The molecule has 4 aromatic rings. The number of benzene rings is 2. The van der Waals surface area contributed by atoms with Gasteiger partial charge in [-0.05, 0) is 60.2 Å². The average molecular weight is 428 g/mol. The van der Waals surface area contributed by atoms with Crippen LogP contribution in [-0.2, 0) is 19.4 Å². The summed E-state index contributed by atoms with van der Waals surface area (Å²) in [5.41, 5.74) is 5.22. The first-order chi connectivity index (χ1) is 15.6. The van der Waals surface area contributed by atoms with Gasteiger partial charge in [-0.3, -0.25) is 4.79 Å². The number of nitrogens with one attached hydrogen (secondary N) is 1. The summed E-state index contributed by atoms with van der Waals surface area (Å²) in [7, 11) is 3.24. The Morgan fingerprint density at radius 2 is 1.78 bits per heavy atom. The van der Waals surface area contributed by atoms with Gasteiger partial charge in [-0.1, -0.05) is 6.07 Å². The topological polar surface area (TPSA) is 78.3 Å². The number of hydrogen-bond acceptors (Lipinski definition) is 6. The molecule has 162 valence electrons. The largest absolute Gasteiger partial charge is 0.497 e. The number of anilines is 1. The van der Waals surface area contributed by atoms with Crippen LogP contribution in [0, 0.1) is 0 Å². The third kappa shape index (κ3) is 3.77. The molecule has 0 unspecified atom stereocenters. The Labute approximate surface area is 185 Å².